The van der Waals surface area contributed by atoms with Crippen molar-refractivity contribution in [1.29, 1.82) is 0 Å². The van der Waals surface area contributed by atoms with Crippen LogP contribution in [-0.2, 0) is 22.8 Å². The van der Waals surface area contributed by atoms with E-state index in [1.165, 1.54) is 6.26 Å². The predicted octanol–water partition coefficient (Wildman–Crippen LogP) is 2.99. The van der Waals surface area contributed by atoms with Crippen molar-refractivity contribution in [3.8, 4) is 11.3 Å². The van der Waals surface area contributed by atoms with Crippen LogP contribution in [0.25, 0.3) is 22.3 Å². The monoisotopic (exact) mass is 405 g/mol. The van der Waals surface area contributed by atoms with E-state index in [1.807, 2.05) is 36.7 Å². The van der Waals surface area contributed by atoms with E-state index in [4.69, 9.17) is 0 Å². The molecule has 0 amide bonds. The third-order valence-electron chi connectivity index (χ3n) is 5.34. The quantitative estimate of drug-likeness (QED) is 0.563. The lowest BCUT2D eigenvalue weighted by Crippen LogP contribution is -2.31. The van der Waals surface area contributed by atoms with Crippen LogP contribution in [0.3, 0.4) is 0 Å². The molecule has 7 nitrogen and oxygen atoms in total. The SMILES string of the molecule is CS(=O)(=O)c1ccc(-c2ncnc3c2CN(c2ccnc4[nH]ccc24)CC3)cc1. The number of hydrogen-bond acceptors (Lipinski definition) is 6. The number of fused-ring (bicyclic) bond motifs is 2. The summed E-state index contributed by atoms with van der Waals surface area (Å²) in [6.45, 7) is 1.55. The zero-order valence-electron chi connectivity index (χ0n) is 15.8. The average Bonchev–Trinajstić information content (AvgIpc) is 3.21. The van der Waals surface area contributed by atoms with Crippen molar-refractivity contribution in [2.24, 2.45) is 0 Å². The lowest BCUT2D eigenvalue weighted by molar-refractivity contribution is 0.602. The lowest BCUT2D eigenvalue weighted by atomic mass is 9.99. The third-order valence-corrected chi connectivity index (χ3v) is 6.46. The topological polar surface area (TPSA) is 91.8 Å². The number of aromatic nitrogens is 4. The molecule has 4 heterocycles. The molecule has 4 aromatic rings. The third kappa shape index (κ3) is 3.15. The standard InChI is InChI=1S/C21H19N5O2S/c1-29(27,28)15-4-2-14(3-5-15)20-17-12-26(11-8-18(17)24-13-25-20)19-7-10-23-21-16(19)6-9-22-21/h2-7,9-10,13H,8,11-12H2,1H3,(H,22,23). The second-order valence-corrected chi connectivity index (χ2v) is 9.20. The number of benzene rings is 1. The van der Waals surface area contributed by atoms with Gasteiger partial charge in [-0.1, -0.05) is 12.1 Å². The van der Waals surface area contributed by atoms with Crippen molar-refractivity contribution in [1.82, 2.24) is 19.9 Å². The first kappa shape index (κ1) is 17.8. The average molecular weight is 405 g/mol. The van der Waals surface area contributed by atoms with E-state index in [-0.39, 0.29) is 0 Å². The zero-order valence-corrected chi connectivity index (χ0v) is 16.6. The number of sulfone groups is 1. The number of nitrogens with zero attached hydrogens (tertiary/aromatic N) is 4. The minimum Gasteiger partial charge on any atom is -0.366 e. The maximum absolute atomic E-state index is 11.8. The summed E-state index contributed by atoms with van der Waals surface area (Å²) in [7, 11) is -3.23. The zero-order chi connectivity index (χ0) is 20.0. The van der Waals surface area contributed by atoms with Crippen LogP contribution in [-0.4, -0.2) is 41.2 Å². The fourth-order valence-electron chi connectivity index (χ4n) is 3.88. The molecular weight excluding hydrogens is 386 g/mol. The Balaban J connectivity index is 1.55. The Morgan fingerprint density at radius 3 is 2.66 bits per heavy atom. The molecule has 0 radical (unpaired) electrons. The van der Waals surface area contributed by atoms with E-state index in [0.717, 1.165) is 52.2 Å². The molecule has 0 fully saturated rings. The van der Waals surface area contributed by atoms with E-state index >= 15 is 0 Å². The molecule has 1 N–H and O–H groups in total. The molecule has 0 bridgehead atoms. The second-order valence-electron chi connectivity index (χ2n) is 7.19. The van der Waals surface area contributed by atoms with Gasteiger partial charge in [0.2, 0.25) is 0 Å². The molecule has 1 aliphatic heterocycles. The van der Waals surface area contributed by atoms with Crippen LogP contribution in [0, 0.1) is 0 Å². The van der Waals surface area contributed by atoms with E-state index in [9.17, 15) is 8.42 Å². The number of rotatable bonds is 3. The van der Waals surface area contributed by atoms with Crippen molar-refractivity contribution in [3.05, 3.63) is 66.4 Å². The maximum Gasteiger partial charge on any atom is 0.175 e. The second kappa shape index (κ2) is 6.66. The summed E-state index contributed by atoms with van der Waals surface area (Å²) in [5.41, 5.74) is 5.85. The molecule has 3 aromatic heterocycles. The highest BCUT2D eigenvalue weighted by atomic mass is 32.2. The minimum atomic E-state index is -3.23. The molecule has 146 valence electrons. The van der Waals surface area contributed by atoms with Crippen LogP contribution in [0.4, 0.5) is 5.69 Å². The van der Waals surface area contributed by atoms with Gasteiger partial charge in [0.25, 0.3) is 0 Å². The highest BCUT2D eigenvalue weighted by Gasteiger charge is 2.23. The Kier molecular flexibility index (Phi) is 4.09. The first-order valence-corrected chi connectivity index (χ1v) is 11.2. The van der Waals surface area contributed by atoms with Crippen molar-refractivity contribution in [2.75, 3.05) is 17.7 Å². The predicted molar refractivity (Wildman–Crippen MR) is 111 cm³/mol. The number of nitrogens with one attached hydrogen (secondary N) is 1. The molecule has 1 aliphatic rings. The first-order valence-electron chi connectivity index (χ1n) is 9.31. The van der Waals surface area contributed by atoms with Gasteiger partial charge in [-0.3, -0.25) is 0 Å². The minimum absolute atomic E-state index is 0.303. The van der Waals surface area contributed by atoms with Gasteiger partial charge in [0, 0.05) is 60.4 Å². The molecule has 1 aromatic carbocycles. The number of anilines is 1. The normalized spacial score (nSPS) is 14.2. The van der Waals surface area contributed by atoms with E-state index in [1.54, 1.807) is 18.5 Å². The van der Waals surface area contributed by atoms with Gasteiger partial charge in [-0.05, 0) is 24.3 Å². The molecule has 0 saturated heterocycles. The molecule has 8 heteroatoms. The first-order chi connectivity index (χ1) is 14.0. The van der Waals surface area contributed by atoms with Crippen molar-refractivity contribution < 1.29 is 8.42 Å². The number of aromatic amines is 1. The smallest absolute Gasteiger partial charge is 0.175 e. The van der Waals surface area contributed by atoms with Crippen LogP contribution in [0.5, 0.6) is 0 Å². The van der Waals surface area contributed by atoms with Gasteiger partial charge >= 0.3 is 0 Å². The summed E-state index contributed by atoms with van der Waals surface area (Å²) >= 11 is 0. The molecule has 0 unspecified atom stereocenters. The van der Waals surface area contributed by atoms with E-state index in [0.29, 0.717) is 11.4 Å². The maximum atomic E-state index is 11.8. The van der Waals surface area contributed by atoms with Gasteiger partial charge in [0.1, 0.15) is 12.0 Å². The lowest BCUT2D eigenvalue weighted by Gasteiger charge is -2.31. The highest BCUT2D eigenvalue weighted by Crippen LogP contribution is 2.33. The Morgan fingerprint density at radius 1 is 1.03 bits per heavy atom. The molecule has 29 heavy (non-hydrogen) atoms. The van der Waals surface area contributed by atoms with Gasteiger partial charge in [-0.15, -0.1) is 0 Å². The van der Waals surface area contributed by atoms with Gasteiger partial charge in [-0.25, -0.2) is 23.4 Å². The summed E-state index contributed by atoms with van der Waals surface area (Å²) < 4.78 is 23.5. The fraction of sp³-hybridized carbons (Fsp3) is 0.190. The molecule has 5 rings (SSSR count). The van der Waals surface area contributed by atoms with Crippen LogP contribution in [0.15, 0.2) is 60.0 Å². The van der Waals surface area contributed by atoms with E-state index in [2.05, 4.69) is 24.8 Å². The van der Waals surface area contributed by atoms with Crippen LogP contribution >= 0.6 is 0 Å². The van der Waals surface area contributed by atoms with Gasteiger partial charge in [0.05, 0.1) is 16.3 Å². The Hall–Kier alpha value is -3.26. The number of pyridine rings is 1. The summed E-state index contributed by atoms with van der Waals surface area (Å²) in [5.74, 6) is 0. The molecular formula is C21H19N5O2S. The summed E-state index contributed by atoms with van der Waals surface area (Å²) in [4.78, 5) is 19.2. The van der Waals surface area contributed by atoms with Gasteiger partial charge in [-0.2, -0.15) is 0 Å². The van der Waals surface area contributed by atoms with Gasteiger partial charge < -0.3 is 9.88 Å². The highest BCUT2D eigenvalue weighted by molar-refractivity contribution is 7.90. The van der Waals surface area contributed by atoms with E-state index < -0.39 is 9.84 Å². The molecule has 0 saturated carbocycles. The summed E-state index contributed by atoms with van der Waals surface area (Å²) in [6.07, 6.45) is 7.33. The Morgan fingerprint density at radius 2 is 1.86 bits per heavy atom. The van der Waals surface area contributed by atoms with Gasteiger partial charge in [0.15, 0.2) is 9.84 Å². The number of hydrogen-bond donors (Lipinski definition) is 1. The molecule has 0 aliphatic carbocycles. The summed E-state index contributed by atoms with van der Waals surface area (Å²) in [5, 5.41) is 1.09. The Bertz CT molecular complexity index is 1310. The van der Waals surface area contributed by atoms with Crippen LogP contribution in [0.1, 0.15) is 11.3 Å². The van der Waals surface area contributed by atoms with Crippen molar-refractivity contribution in [3.63, 3.8) is 0 Å². The summed E-state index contributed by atoms with van der Waals surface area (Å²) in [6, 6.07) is 11.0. The van der Waals surface area contributed by atoms with Crippen molar-refractivity contribution >= 4 is 26.6 Å². The molecule has 0 atom stereocenters. The largest absolute Gasteiger partial charge is 0.366 e. The van der Waals surface area contributed by atoms with Crippen LogP contribution < -0.4 is 4.90 Å². The number of H-pyrrole nitrogens is 1. The van der Waals surface area contributed by atoms with Crippen molar-refractivity contribution in [2.45, 2.75) is 17.9 Å². The van der Waals surface area contributed by atoms with Crippen LogP contribution in [0.2, 0.25) is 0 Å². The Labute approximate surface area is 168 Å². The fourth-order valence-corrected chi connectivity index (χ4v) is 4.51. The molecule has 0 spiro atoms.